The second-order valence-electron chi connectivity index (χ2n) is 12.1. The summed E-state index contributed by atoms with van der Waals surface area (Å²) in [5.41, 5.74) is 0.123. The zero-order valence-electron chi connectivity index (χ0n) is 26.2. The Kier molecular flexibility index (Phi) is 10.6. The molecular weight excluding hydrogens is 570 g/mol. The molecule has 5 rings (SSSR count). The van der Waals surface area contributed by atoms with Gasteiger partial charge in [-0.15, -0.1) is 0 Å². The quantitative estimate of drug-likeness (QED) is 0.152. The van der Waals surface area contributed by atoms with E-state index in [1.165, 1.54) is 30.2 Å². The van der Waals surface area contributed by atoms with Gasteiger partial charge in [0.1, 0.15) is 11.6 Å². The summed E-state index contributed by atoms with van der Waals surface area (Å²) in [6.07, 6.45) is 6.31. The summed E-state index contributed by atoms with van der Waals surface area (Å²) in [5.74, 6) is -1.42. The number of nitrogens with zero attached hydrogens (tertiary/aromatic N) is 2. The number of carbonyl (C=O) groups is 1. The molecule has 10 heteroatoms. The van der Waals surface area contributed by atoms with Gasteiger partial charge in [-0.1, -0.05) is 32.8 Å². The zero-order chi connectivity index (χ0) is 31.3. The largest absolute Gasteiger partial charge is 0.503 e. The maximum absolute atomic E-state index is 16.1. The first-order chi connectivity index (χ1) is 21.4. The summed E-state index contributed by atoms with van der Waals surface area (Å²) < 4.78 is 54.1. The molecule has 1 atom stereocenters. The average Bonchev–Trinajstić information content (AvgIpc) is 3.05. The van der Waals surface area contributed by atoms with Gasteiger partial charge in [-0.3, -0.25) is 9.69 Å². The van der Waals surface area contributed by atoms with Crippen LogP contribution >= 0.6 is 0 Å². The number of carbonyl (C=O) groups excluding carboxylic acids is 1. The minimum absolute atomic E-state index is 0.0580. The highest BCUT2D eigenvalue weighted by Gasteiger charge is 2.63. The van der Waals surface area contributed by atoms with Crippen molar-refractivity contribution in [1.82, 2.24) is 0 Å². The lowest BCUT2D eigenvalue weighted by atomic mass is 9.62. The van der Waals surface area contributed by atoms with Gasteiger partial charge in [0, 0.05) is 57.1 Å². The maximum atomic E-state index is 16.1. The molecule has 242 valence electrons. The van der Waals surface area contributed by atoms with E-state index in [1.54, 1.807) is 6.07 Å². The van der Waals surface area contributed by atoms with Crippen molar-refractivity contribution in [2.45, 2.75) is 77.5 Å². The van der Waals surface area contributed by atoms with E-state index in [-0.39, 0.29) is 23.8 Å². The fourth-order valence-corrected chi connectivity index (χ4v) is 6.87. The molecule has 3 saturated heterocycles. The Balaban J connectivity index is 1.39. The predicted octanol–water partition coefficient (Wildman–Crippen LogP) is 6.74. The van der Waals surface area contributed by atoms with Crippen LogP contribution in [-0.4, -0.2) is 63.9 Å². The van der Waals surface area contributed by atoms with E-state index in [1.807, 2.05) is 4.90 Å². The van der Waals surface area contributed by atoms with Crippen LogP contribution in [0.25, 0.3) is 0 Å². The molecule has 0 aliphatic carbocycles. The molecule has 0 unspecified atom stereocenters. The SMILES string of the molecule is CCCCOC(OCCCC)C1CCN(c2cc(OC)c([C@@H]3N(c4cccc(F)c4O)C(=O)C34CCOCC4)cc2F)CC1. The first kappa shape index (κ1) is 32.4. The third-order valence-corrected chi connectivity index (χ3v) is 9.46. The van der Waals surface area contributed by atoms with Gasteiger partial charge in [0.2, 0.25) is 5.91 Å². The van der Waals surface area contributed by atoms with E-state index in [0.29, 0.717) is 69.4 Å². The molecule has 1 spiro atoms. The van der Waals surface area contributed by atoms with Crippen LogP contribution in [0.1, 0.15) is 76.8 Å². The smallest absolute Gasteiger partial charge is 0.236 e. The number of aromatic hydroxyl groups is 1. The van der Waals surface area contributed by atoms with Gasteiger partial charge in [0.15, 0.2) is 17.9 Å². The molecule has 2 aromatic carbocycles. The second kappa shape index (κ2) is 14.4. The molecule has 3 fully saturated rings. The highest BCUT2D eigenvalue weighted by atomic mass is 19.1. The number of amides is 1. The Morgan fingerprint density at radius 1 is 1.00 bits per heavy atom. The zero-order valence-corrected chi connectivity index (χ0v) is 26.2. The molecule has 0 aromatic heterocycles. The number of hydrogen-bond acceptors (Lipinski definition) is 7. The van der Waals surface area contributed by atoms with Gasteiger partial charge in [-0.2, -0.15) is 0 Å². The van der Waals surface area contributed by atoms with Crippen LogP contribution in [0.4, 0.5) is 20.2 Å². The summed E-state index contributed by atoms with van der Waals surface area (Å²) in [6.45, 7) is 7.66. The summed E-state index contributed by atoms with van der Waals surface area (Å²) in [7, 11) is 1.53. The van der Waals surface area contributed by atoms with E-state index < -0.39 is 28.8 Å². The van der Waals surface area contributed by atoms with Crippen molar-refractivity contribution in [3.63, 3.8) is 0 Å². The minimum Gasteiger partial charge on any atom is -0.503 e. The van der Waals surface area contributed by atoms with Gasteiger partial charge in [-0.25, -0.2) is 8.78 Å². The van der Waals surface area contributed by atoms with Crippen molar-refractivity contribution < 1.29 is 37.6 Å². The highest BCUT2D eigenvalue weighted by Crippen LogP contribution is 2.60. The number of phenols is 1. The lowest BCUT2D eigenvalue weighted by Crippen LogP contribution is -2.65. The Hall–Kier alpha value is -2.95. The number of ether oxygens (including phenoxy) is 4. The third kappa shape index (κ3) is 6.26. The number of benzene rings is 2. The molecule has 1 amide bonds. The number of β-lactam (4-membered cyclic amide) rings is 1. The molecule has 3 aliphatic heterocycles. The van der Waals surface area contributed by atoms with E-state index in [2.05, 4.69) is 13.8 Å². The van der Waals surface area contributed by atoms with Crippen LogP contribution < -0.4 is 14.5 Å². The summed E-state index contributed by atoms with van der Waals surface area (Å²) in [5, 5.41) is 10.6. The van der Waals surface area contributed by atoms with Crippen LogP contribution in [0.15, 0.2) is 30.3 Å². The number of phenolic OH excluding ortho intramolecular Hbond substituents is 1. The second-order valence-corrected chi connectivity index (χ2v) is 12.1. The number of methoxy groups -OCH3 is 1. The Morgan fingerprint density at radius 3 is 2.27 bits per heavy atom. The van der Waals surface area contributed by atoms with Crippen LogP contribution in [0.5, 0.6) is 11.5 Å². The molecule has 2 aromatic rings. The topological polar surface area (TPSA) is 80.7 Å². The van der Waals surface area contributed by atoms with Crippen molar-refractivity contribution in [2.24, 2.45) is 11.3 Å². The Morgan fingerprint density at radius 2 is 1.66 bits per heavy atom. The number of hydrogen-bond donors (Lipinski definition) is 1. The lowest BCUT2D eigenvalue weighted by molar-refractivity contribution is -0.177. The molecule has 0 bridgehead atoms. The number of halogens is 2. The standard InChI is InChI=1S/C34H46F2N2O6/c1-4-6-17-43-32(44-18-7-5-2)23-11-15-37(16-12-23)28-22-29(41-3)24(21-26(28)36)31-34(13-19-42-20-14-34)33(40)38(31)27-10-8-9-25(35)30(27)39/h8-10,21-23,31-32,39H,4-7,11-20H2,1-3H3/t31-/m0/s1. The molecule has 1 N–H and O–H groups in total. The Bertz CT molecular complexity index is 1270. The van der Waals surface area contributed by atoms with Crippen LogP contribution in [0.3, 0.4) is 0 Å². The van der Waals surface area contributed by atoms with Gasteiger partial charge in [0.25, 0.3) is 0 Å². The van der Waals surface area contributed by atoms with Crippen LogP contribution in [0.2, 0.25) is 0 Å². The summed E-state index contributed by atoms with van der Waals surface area (Å²) in [6, 6.07) is 6.58. The summed E-state index contributed by atoms with van der Waals surface area (Å²) >= 11 is 0. The number of rotatable bonds is 13. The van der Waals surface area contributed by atoms with Gasteiger partial charge in [-0.05, 0) is 56.7 Å². The maximum Gasteiger partial charge on any atom is 0.236 e. The van der Waals surface area contributed by atoms with Crippen molar-refractivity contribution in [3.8, 4) is 11.5 Å². The highest BCUT2D eigenvalue weighted by molar-refractivity contribution is 6.07. The molecule has 8 nitrogen and oxygen atoms in total. The number of piperidine rings is 1. The third-order valence-electron chi connectivity index (χ3n) is 9.46. The first-order valence-corrected chi connectivity index (χ1v) is 16.1. The molecule has 3 aliphatic rings. The number of unbranched alkanes of at least 4 members (excludes halogenated alkanes) is 2. The monoisotopic (exact) mass is 616 g/mol. The molecule has 3 heterocycles. The van der Waals surface area contributed by atoms with Crippen molar-refractivity contribution in [1.29, 1.82) is 0 Å². The van der Waals surface area contributed by atoms with E-state index in [9.17, 15) is 14.3 Å². The van der Waals surface area contributed by atoms with Crippen LogP contribution in [0, 0.1) is 23.0 Å². The predicted molar refractivity (Wildman–Crippen MR) is 164 cm³/mol. The molecule has 0 radical (unpaired) electrons. The average molecular weight is 617 g/mol. The fourth-order valence-electron chi connectivity index (χ4n) is 6.87. The molecular formula is C34H46F2N2O6. The normalized spacial score (nSPS) is 20.4. The van der Waals surface area contributed by atoms with Crippen molar-refractivity contribution in [3.05, 3.63) is 47.5 Å². The van der Waals surface area contributed by atoms with Gasteiger partial charge < -0.3 is 29.0 Å². The van der Waals surface area contributed by atoms with Crippen molar-refractivity contribution >= 4 is 17.3 Å². The Labute approximate surface area is 259 Å². The van der Waals surface area contributed by atoms with E-state index in [0.717, 1.165) is 44.6 Å². The van der Waals surface area contributed by atoms with Gasteiger partial charge >= 0.3 is 0 Å². The fraction of sp³-hybridized carbons (Fsp3) is 0.618. The van der Waals surface area contributed by atoms with E-state index >= 15 is 4.39 Å². The lowest BCUT2D eigenvalue weighted by Gasteiger charge is -2.57. The molecule has 44 heavy (non-hydrogen) atoms. The minimum atomic E-state index is -0.860. The first-order valence-electron chi connectivity index (χ1n) is 16.1. The molecule has 0 saturated carbocycles. The van der Waals surface area contributed by atoms with Crippen LogP contribution in [-0.2, 0) is 19.0 Å². The van der Waals surface area contributed by atoms with Crippen molar-refractivity contribution in [2.75, 3.05) is 56.4 Å². The number of anilines is 2. The van der Waals surface area contributed by atoms with E-state index in [4.69, 9.17) is 18.9 Å². The number of para-hydroxylation sites is 1. The summed E-state index contributed by atoms with van der Waals surface area (Å²) in [4.78, 5) is 17.1. The van der Waals surface area contributed by atoms with Gasteiger partial charge in [0.05, 0.1) is 29.9 Å².